The molecule has 0 radical (unpaired) electrons. The zero-order chi connectivity index (χ0) is 21.9. The Bertz CT molecular complexity index is 1490. The van der Waals surface area contributed by atoms with Gasteiger partial charge in [0.25, 0.3) is 5.69 Å². The van der Waals surface area contributed by atoms with Gasteiger partial charge in [0.1, 0.15) is 5.52 Å². The summed E-state index contributed by atoms with van der Waals surface area (Å²) in [7, 11) is 0. The molecular formula is C26H17N3O3. The van der Waals surface area contributed by atoms with Crippen molar-refractivity contribution in [2.75, 3.05) is 0 Å². The molecule has 0 N–H and O–H groups in total. The molecule has 0 aliphatic heterocycles. The van der Waals surface area contributed by atoms with Crippen LogP contribution in [0.3, 0.4) is 0 Å². The van der Waals surface area contributed by atoms with Gasteiger partial charge in [-0.1, -0.05) is 42.5 Å². The highest BCUT2D eigenvalue weighted by Crippen LogP contribution is 2.31. The van der Waals surface area contributed by atoms with Crippen molar-refractivity contribution in [3.05, 3.63) is 107 Å². The van der Waals surface area contributed by atoms with E-state index in [0.29, 0.717) is 11.5 Å². The van der Waals surface area contributed by atoms with Gasteiger partial charge < -0.3 is 4.42 Å². The molecule has 1 heterocycles. The summed E-state index contributed by atoms with van der Waals surface area (Å²) in [6.07, 6.45) is 5.30. The maximum Gasteiger partial charge on any atom is 0.269 e. The van der Waals surface area contributed by atoms with E-state index in [9.17, 15) is 10.1 Å². The number of allylic oxidation sites excluding steroid dienone is 1. The van der Waals surface area contributed by atoms with Crippen molar-refractivity contribution in [3.63, 3.8) is 0 Å². The molecule has 0 amide bonds. The minimum Gasteiger partial charge on any atom is -0.436 e. The van der Waals surface area contributed by atoms with E-state index >= 15 is 0 Å². The van der Waals surface area contributed by atoms with E-state index in [2.05, 4.69) is 28.2 Å². The van der Waals surface area contributed by atoms with Crippen LogP contribution in [0, 0.1) is 10.1 Å². The van der Waals surface area contributed by atoms with Crippen LogP contribution in [0.2, 0.25) is 0 Å². The number of fused-ring (bicyclic) bond motifs is 2. The van der Waals surface area contributed by atoms with Crippen LogP contribution in [-0.4, -0.2) is 16.1 Å². The first-order valence-electron chi connectivity index (χ1n) is 10.0. The summed E-state index contributed by atoms with van der Waals surface area (Å²) in [4.78, 5) is 19.4. The first-order chi connectivity index (χ1) is 15.7. The van der Waals surface area contributed by atoms with Gasteiger partial charge in [-0.25, -0.2) is 4.98 Å². The number of hydrogen-bond donors (Lipinski definition) is 0. The van der Waals surface area contributed by atoms with Gasteiger partial charge in [-0.15, -0.1) is 0 Å². The molecule has 0 unspecified atom stereocenters. The molecule has 0 atom stereocenters. The van der Waals surface area contributed by atoms with Crippen LogP contribution in [0.4, 0.5) is 11.4 Å². The van der Waals surface area contributed by atoms with Gasteiger partial charge in [0, 0.05) is 23.9 Å². The monoisotopic (exact) mass is 419 g/mol. The lowest BCUT2D eigenvalue weighted by Gasteiger charge is -2.01. The molecule has 0 bridgehead atoms. The summed E-state index contributed by atoms with van der Waals surface area (Å²) in [5, 5.41) is 12.9. The maximum absolute atomic E-state index is 10.7. The number of rotatable bonds is 5. The average molecular weight is 419 g/mol. The Morgan fingerprint density at radius 1 is 0.938 bits per heavy atom. The Labute approximate surface area is 183 Å². The Morgan fingerprint density at radius 2 is 1.75 bits per heavy atom. The Kier molecular flexibility index (Phi) is 5.01. The number of aromatic nitrogens is 1. The summed E-state index contributed by atoms with van der Waals surface area (Å²) >= 11 is 0. The number of nitro benzene ring substituents is 1. The number of non-ortho nitro benzene ring substituents is 1. The zero-order valence-electron chi connectivity index (χ0n) is 16.9. The van der Waals surface area contributed by atoms with E-state index in [-0.39, 0.29) is 5.69 Å². The summed E-state index contributed by atoms with van der Waals surface area (Å²) in [5.74, 6) is 0.580. The minimum absolute atomic E-state index is 0.0691. The van der Waals surface area contributed by atoms with Gasteiger partial charge in [0.05, 0.1) is 10.6 Å². The van der Waals surface area contributed by atoms with Crippen molar-refractivity contribution in [2.45, 2.75) is 0 Å². The van der Waals surface area contributed by atoms with Crippen LogP contribution >= 0.6 is 0 Å². The van der Waals surface area contributed by atoms with Crippen molar-refractivity contribution in [3.8, 4) is 11.5 Å². The van der Waals surface area contributed by atoms with Crippen molar-refractivity contribution in [2.24, 2.45) is 4.99 Å². The molecule has 0 fully saturated rings. The Morgan fingerprint density at radius 3 is 2.59 bits per heavy atom. The van der Waals surface area contributed by atoms with Crippen LogP contribution < -0.4 is 0 Å². The van der Waals surface area contributed by atoms with Gasteiger partial charge in [0.15, 0.2) is 5.58 Å². The minimum atomic E-state index is -0.416. The predicted octanol–water partition coefficient (Wildman–Crippen LogP) is 6.97. The van der Waals surface area contributed by atoms with Gasteiger partial charge >= 0.3 is 0 Å². The lowest BCUT2D eigenvalue weighted by atomic mass is 10.0. The van der Waals surface area contributed by atoms with Crippen LogP contribution in [-0.2, 0) is 0 Å². The van der Waals surface area contributed by atoms with E-state index in [0.717, 1.165) is 33.1 Å². The normalized spacial score (nSPS) is 11.8. The highest BCUT2D eigenvalue weighted by Gasteiger charge is 2.11. The maximum atomic E-state index is 10.7. The molecule has 5 aromatic rings. The standard InChI is InChI=1S/C26H17N3O3/c30-29(31)21-13-10-18(11-14-21)5-4-16-27-20-12-15-25-24(17-20)28-26(32-25)23-9-3-7-19-6-1-2-8-22(19)23/h1-17H/b5-4+,27-16?. The van der Waals surface area contributed by atoms with Crippen LogP contribution in [0.1, 0.15) is 5.56 Å². The fourth-order valence-electron chi connectivity index (χ4n) is 3.51. The first-order valence-corrected chi connectivity index (χ1v) is 10.0. The topological polar surface area (TPSA) is 81.5 Å². The Hall–Kier alpha value is -4.58. The largest absolute Gasteiger partial charge is 0.436 e. The van der Waals surface area contributed by atoms with E-state index in [4.69, 9.17) is 4.42 Å². The summed E-state index contributed by atoms with van der Waals surface area (Å²) in [6, 6.07) is 26.2. The third kappa shape index (κ3) is 3.89. The molecule has 32 heavy (non-hydrogen) atoms. The smallest absolute Gasteiger partial charge is 0.269 e. The molecule has 1 aromatic heterocycles. The highest BCUT2D eigenvalue weighted by molar-refractivity contribution is 5.96. The molecule has 6 nitrogen and oxygen atoms in total. The summed E-state index contributed by atoms with van der Waals surface area (Å²) in [6.45, 7) is 0. The van der Waals surface area contributed by atoms with E-state index in [1.54, 1.807) is 24.4 Å². The Balaban J connectivity index is 1.37. The molecular weight excluding hydrogens is 402 g/mol. The van der Waals surface area contributed by atoms with Gasteiger partial charge in [0.2, 0.25) is 5.89 Å². The molecule has 0 saturated heterocycles. The SMILES string of the molecule is O=[N+]([O-])c1ccc(/C=C/C=Nc2ccc3oc(-c4cccc5ccccc45)nc3c2)cc1. The third-order valence-corrected chi connectivity index (χ3v) is 5.09. The number of hydrogen-bond acceptors (Lipinski definition) is 5. The highest BCUT2D eigenvalue weighted by atomic mass is 16.6. The van der Waals surface area contributed by atoms with Crippen LogP contribution in [0.5, 0.6) is 0 Å². The fourth-order valence-corrected chi connectivity index (χ4v) is 3.51. The quantitative estimate of drug-likeness (QED) is 0.175. The summed E-state index contributed by atoms with van der Waals surface area (Å²) < 4.78 is 6.00. The molecule has 4 aromatic carbocycles. The average Bonchev–Trinajstić information content (AvgIpc) is 3.25. The van der Waals surface area contributed by atoms with E-state index in [1.165, 1.54) is 12.1 Å². The van der Waals surface area contributed by atoms with Crippen molar-refractivity contribution >= 4 is 45.5 Å². The lowest BCUT2D eigenvalue weighted by Crippen LogP contribution is -1.86. The molecule has 0 aliphatic carbocycles. The predicted molar refractivity (Wildman–Crippen MR) is 127 cm³/mol. The molecule has 0 aliphatic rings. The molecule has 0 spiro atoms. The van der Waals surface area contributed by atoms with Crippen molar-refractivity contribution in [1.29, 1.82) is 0 Å². The molecule has 6 heteroatoms. The number of oxazole rings is 1. The first kappa shape index (κ1) is 19.4. The molecule has 0 saturated carbocycles. The van der Waals surface area contributed by atoms with Crippen LogP contribution in [0.25, 0.3) is 39.4 Å². The van der Waals surface area contributed by atoms with Gasteiger partial charge in [-0.05, 0) is 58.8 Å². The number of nitro groups is 1. The van der Waals surface area contributed by atoms with Gasteiger partial charge in [-0.3, -0.25) is 15.1 Å². The van der Waals surface area contributed by atoms with E-state index in [1.807, 2.05) is 48.5 Å². The van der Waals surface area contributed by atoms with E-state index < -0.39 is 4.92 Å². The second-order valence-electron chi connectivity index (χ2n) is 7.18. The zero-order valence-corrected chi connectivity index (χ0v) is 16.9. The number of nitrogens with zero attached hydrogens (tertiary/aromatic N) is 3. The molecule has 154 valence electrons. The second kappa shape index (κ2) is 8.28. The molecule has 5 rings (SSSR count). The van der Waals surface area contributed by atoms with Crippen LogP contribution in [0.15, 0.2) is 100 Å². The lowest BCUT2D eigenvalue weighted by molar-refractivity contribution is -0.384. The second-order valence-corrected chi connectivity index (χ2v) is 7.18. The van der Waals surface area contributed by atoms with Gasteiger partial charge in [-0.2, -0.15) is 0 Å². The fraction of sp³-hybridized carbons (Fsp3) is 0. The van der Waals surface area contributed by atoms with Crippen molar-refractivity contribution in [1.82, 2.24) is 4.98 Å². The number of benzene rings is 4. The summed E-state index contributed by atoms with van der Waals surface area (Å²) in [5.41, 5.74) is 4.07. The van der Waals surface area contributed by atoms with Crippen molar-refractivity contribution < 1.29 is 9.34 Å². The number of aliphatic imine (C=N–C) groups is 1. The third-order valence-electron chi connectivity index (χ3n) is 5.09.